The van der Waals surface area contributed by atoms with Crippen molar-refractivity contribution in [3.05, 3.63) is 60.2 Å². The summed E-state index contributed by atoms with van der Waals surface area (Å²) in [6.07, 6.45) is 1.93. The molecule has 2 aromatic rings. The summed E-state index contributed by atoms with van der Waals surface area (Å²) < 4.78 is 11.3. The molecule has 0 aromatic heterocycles. The van der Waals surface area contributed by atoms with Crippen molar-refractivity contribution in [1.82, 2.24) is 4.90 Å². The number of amides is 1. The van der Waals surface area contributed by atoms with Crippen LogP contribution in [0.4, 0.5) is 0 Å². The minimum Gasteiger partial charge on any atom is -0.490 e. The third-order valence-electron chi connectivity index (χ3n) is 3.74. The van der Waals surface area contributed by atoms with Gasteiger partial charge in [-0.3, -0.25) is 4.79 Å². The van der Waals surface area contributed by atoms with Gasteiger partial charge in [0.05, 0.1) is 0 Å². The number of nitrogens with zero attached hydrogens (tertiary/aromatic N) is 1. The number of carbonyl (C=O) groups is 1. The van der Waals surface area contributed by atoms with Gasteiger partial charge in [-0.05, 0) is 49.2 Å². The van der Waals surface area contributed by atoms with Crippen molar-refractivity contribution >= 4 is 5.91 Å². The van der Waals surface area contributed by atoms with Gasteiger partial charge < -0.3 is 14.4 Å². The molecule has 0 aliphatic heterocycles. The van der Waals surface area contributed by atoms with E-state index in [0.29, 0.717) is 18.8 Å². The van der Waals surface area contributed by atoms with E-state index in [2.05, 4.69) is 13.8 Å². The maximum Gasteiger partial charge on any atom is 0.253 e. The van der Waals surface area contributed by atoms with Gasteiger partial charge in [-0.2, -0.15) is 0 Å². The summed E-state index contributed by atoms with van der Waals surface area (Å²) >= 11 is 0. The Morgan fingerprint density at radius 2 is 1.32 bits per heavy atom. The minimum absolute atomic E-state index is 0.0858. The van der Waals surface area contributed by atoms with E-state index < -0.39 is 0 Å². The molecular formula is C21H27NO3. The molecule has 134 valence electrons. The fraction of sp³-hybridized carbons (Fsp3) is 0.381. The first-order valence-corrected chi connectivity index (χ1v) is 8.94. The van der Waals surface area contributed by atoms with Crippen molar-refractivity contribution in [2.24, 2.45) is 0 Å². The Kier molecular flexibility index (Phi) is 7.83. The van der Waals surface area contributed by atoms with E-state index in [9.17, 15) is 4.79 Å². The van der Waals surface area contributed by atoms with E-state index in [4.69, 9.17) is 9.47 Å². The van der Waals surface area contributed by atoms with Gasteiger partial charge in [-0.15, -0.1) is 0 Å². The SMILES string of the molecule is CCCN(CCC)C(=O)c1ccc(OCCOc2ccccc2)cc1. The largest absolute Gasteiger partial charge is 0.490 e. The van der Waals surface area contributed by atoms with Crippen LogP contribution in [0.2, 0.25) is 0 Å². The highest BCUT2D eigenvalue weighted by Gasteiger charge is 2.13. The predicted molar refractivity (Wildman–Crippen MR) is 100 cm³/mol. The predicted octanol–water partition coefficient (Wildman–Crippen LogP) is 4.41. The Bertz CT molecular complexity index is 619. The molecule has 4 heteroatoms. The van der Waals surface area contributed by atoms with Crippen molar-refractivity contribution < 1.29 is 14.3 Å². The molecule has 2 aromatic carbocycles. The average Bonchev–Trinajstić information content (AvgIpc) is 2.66. The summed E-state index contributed by atoms with van der Waals surface area (Å²) in [7, 11) is 0. The fourth-order valence-electron chi connectivity index (χ4n) is 2.57. The van der Waals surface area contributed by atoms with Crippen LogP contribution in [0.1, 0.15) is 37.0 Å². The van der Waals surface area contributed by atoms with Gasteiger partial charge in [0, 0.05) is 18.7 Å². The zero-order valence-electron chi connectivity index (χ0n) is 15.1. The van der Waals surface area contributed by atoms with E-state index in [0.717, 1.165) is 37.4 Å². The van der Waals surface area contributed by atoms with Crippen LogP contribution in [-0.2, 0) is 0 Å². The molecule has 0 aliphatic carbocycles. The molecule has 4 nitrogen and oxygen atoms in total. The summed E-state index contributed by atoms with van der Waals surface area (Å²) in [5.41, 5.74) is 0.704. The van der Waals surface area contributed by atoms with Crippen LogP contribution in [0, 0.1) is 0 Å². The van der Waals surface area contributed by atoms with Gasteiger partial charge in [0.15, 0.2) is 0 Å². The van der Waals surface area contributed by atoms with Crippen LogP contribution in [0.15, 0.2) is 54.6 Å². The lowest BCUT2D eigenvalue weighted by atomic mass is 10.2. The molecule has 0 radical (unpaired) electrons. The second kappa shape index (κ2) is 10.4. The smallest absolute Gasteiger partial charge is 0.253 e. The van der Waals surface area contributed by atoms with Gasteiger partial charge >= 0.3 is 0 Å². The molecule has 2 rings (SSSR count). The van der Waals surface area contributed by atoms with Crippen LogP contribution in [-0.4, -0.2) is 37.1 Å². The number of hydrogen-bond acceptors (Lipinski definition) is 3. The Hall–Kier alpha value is -2.49. The summed E-state index contributed by atoms with van der Waals surface area (Å²) in [4.78, 5) is 14.4. The van der Waals surface area contributed by atoms with Gasteiger partial charge in [-0.25, -0.2) is 0 Å². The molecule has 0 N–H and O–H groups in total. The van der Waals surface area contributed by atoms with Crippen LogP contribution in [0.25, 0.3) is 0 Å². The molecule has 0 atom stereocenters. The Labute approximate surface area is 150 Å². The van der Waals surface area contributed by atoms with Gasteiger partial charge in [0.1, 0.15) is 24.7 Å². The summed E-state index contributed by atoms with van der Waals surface area (Å²) in [5, 5.41) is 0. The normalized spacial score (nSPS) is 10.3. The molecule has 1 amide bonds. The van der Waals surface area contributed by atoms with Gasteiger partial charge in [0.25, 0.3) is 5.91 Å². The maximum atomic E-state index is 12.5. The Balaban J connectivity index is 1.81. The minimum atomic E-state index is 0.0858. The van der Waals surface area contributed by atoms with Crippen LogP contribution < -0.4 is 9.47 Å². The van der Waals surface area contributed by atoms with Crippen molar-refractivity contribution in [3.63, 3.8) is 0 Å². The molecule has 0 aliphatic rings. The first kappa shape index (κ1) is 18.8. The van der Waals surface area contributed by atoms with E-state index in [1.54, 1.807) is 0 Å². The van der Waals surface area contributed by atoms with Crippen LogP contribution in [0.3, 0.4) is 0 Å². The lowest BCUT2D eigenvalue weighted by Crippen LogP contribution is -2.32. The molecule has 0 saturated heterocycles. The van der Waals surface area contributed by atoms with Crippen molar-refractivity contribution in [2.45, 2.75) is 26.7 Å². The summed E-state index contributed by atoms with van der Waals surface area (Å²) in [5.74, 6) is 1.66. The van der Waals surface area contributed by atoms with E-state index in [1.165, 1.54) is 0 Å². The van der Waals surface area contributed by atoms with Crippen molar-refractivity contribution in [3.8, 4) is 11.5 Å². The first-order chi connectivity index (χ1) is 12.2. The Morgan fingerprint density at radius 1 is 0.800 bits per heavy atom. The molecule has 0 saturated carbocycles. The standard InChI is InChI=1S/C21H27NO3/c1-3-14-22(15-4-2)21(23)18-10-12-20(13-11-18)25-17-16-24-19-8-6-5-7-9-19/h5-13H,3-4,14-17H2,1-2H3. The molecule has 0 bridgehead atoms. The molecule has 0 heterocycles. The summed E-state index contributed by atoms with van der Waals surface area (Å²) in [6, 6.07) is 17.0. The quantitative estimate of drug-likeness (QED) is 0.601. The van der Waals surface area contributed by atoms with Gasteiger partial charge in [-0.1, -0.05) is 32.0 Å². The third kappa shape index (κ3) is 6.14. The van der Waals surface area contributed by atoms with Crippen molar-refractivity contribution in [1.29, 1.82) is 0 Å². The van der Waals surface area contributed by atoms with Crippen LogP contribution >= 0.6 is 0 Å². The number of para-hydroxylation sites is 1. The zero-order chi connectivity index (χ0) is 17.9. The number of benzene rings is 2. The van der Waals surface area contributed by atoms with E-state index in [1.807, 2.05) is 59.5 Å². The molecule has 25 heavy (non-hydrogen) atoms. The number of rotatable bonds is 10. The lowest BCUT2D eigenvalue weighted by Gasteiger charge is -2.21. The average molecular weight is 341 g/mol. The highest BCUT2D eigenvalue weighted by atomic mass is 16.5. The second-order valence-corrected chi connectivity index (χ2v) is 5.83. The zero-order valence-corrected chi connectivity index (χ0v) is 15.1. The number of carbonyl (C=O) groups excluding carboxylic acids is 1. The second-order valence-electron chi connectivity index (χ2n) is 5.83. The number of ether oxygens (including phenoxy) is 2. The highest BCUT2D eigenvalue weighted by molar-refractivity contribution is 5.94. The van der Waals surface area contributed by atoms with Crippen LogP contribution in [0.5, 0.6) is 11.5 Å². The lowest BCUT2D eigenvalue weighted by molar-refractivity contribution is 0.0755. The number of hydrogen-bond donors (Lipinski definition) is 0. The monoisotopic (exact) mass is 341 g/mol. The van der Waals surface area contributed by atoms with E-state index >= 15 is 0 Å². The Morgan fingerprint density at radius 3 is 1.84 bits per heavy atom. The molecule has 0 fully saturated rings. The first-order valence-electron chi connectivity index (χ1n) is 8.94. The third-order valence-corrected chi connectivity index (χ3v) is 3.74. The molecule has 0 unspecified atom stereocenters. The topological polar surface area (TPSA) is 38.8 Å². The summed E-state index contributed by atoms with van der Waals surface area (Å²) in [6.45, 7) is 6.70. The highest BCUT2D eigenvalue weighted by Crippen LogP contribution is 2.15. The van der Waals surface area contributed by atoms with Gasteiger partial charge in [0.2, 0.25) is 0 Å². The fourth-order valence-corrected chi connectivity index (χ4v) is 2.57. The maximum absolute atomic E-state index is 12.5. The van der Waals surface area contributed by atoms with E-state index in [-0.39, 0.29) is 5.91 Å². The molecular weight excluding hydrogens is 314 g/mol. The van der Waals surface area contributed by atoms with Crippen molar-refractivity contribution in [2.75, 3.05) is 26.3 Å². The molecule has 0 spiro atoms.